The highest BCUT2D eigenvalue weighted by Crippen LogP contribution is 2.49. The maximum atomic E-state index is 12.6. The fourth-order valence-corrected chi connectivity index (χ4v) is 3.62. The summed E-state index contributed by atoms with van der Waals surface area (Å²) in [5.41, 5.74) is 3.91. The third-order valence-electron chi connectivity index (χ3n) is 4.77. The van der Waals surface area contributed by atoms with E-state index in [0.717, 1.165) is 27.9 Å². The third kappa shape index (κ3) is 2.65. The second-order valence-electron chi connectivity index (χ2n) is 6.83. The standard InChI is InChI=1S/C21H20N2O4/c1-21(2)17-16(12-6-5-7-13(10-12)25-3)19(20(24)26-4)23-18(17)14-8-9-22-11-15(14)27-21/h5-11,23H,1-4H3. The smallest absolute Gasteiger partial charge is 0.355 e. The average molecular weight is 364 g/mol. The summed E-state index contributed by atoms with van der Waals surface area (Å²) in [5.74, 6) is 0.941. The molecule has 0 saturated heterocycles. The van der Waals surface area contributed by atoms with E-state index in [4.69, 9.17) is 14.2 Å². The Balaban J connectivity index is 2.07. The second-order valence-corrected chi connectivity index (χ2v) is 6.83. The highest BCUT2D eigenvalue weighted by molar-refractivity contribution is 6.00. The summed E-state index contributed by atoms with van der Waals surface area (Å²) in [6.45, 7) is 3.95. The molecule has 3 aromatic rings. The Morgan fingerprint density at radius 3 is 2.78 bits per heavy atom. The molecule has 1 aliphatic rings. The maximum absolute atomic E-state index is 12.6. The van der Waals surface area contributed by atoms with Gasteiger partial charge in [0.2, 0.25) is 0 Å². The number of ether oxygens (including phenoxy) is 3. The van der Waals surface area contributed by atoms with Gasteiger partial charge in [-0.3, -0.25) is 4.98 Å². The molecule has 0 saturated carbocycles. The van der Waals surface area contributed by atoms with Gasteiger partial charge < -0.3 is 19.2 Å². The van der Waals surface area contributed by atoms with Crippen LogP contribution >= 0.6 is 0 Å². The van der Waals surface area contributed by atoms with Crippen LogP contribution < -0.4 is 9.47 Å². The van der Waals surface area contributed by atoms with Gasteiger partial charge in [0, 0.05) is 22.9 Å². The first-order valence-electron chi connectivity index (χ1n) is 8.59. The Labute approximate surface area is 157 Å². The van der Waals surface area contributed by atoms with Crippen molar-refractivity contribution >= 4 is 5.97 Å². The molecule has 4 rings (SSSR count). The molecule has 6 heteroatoms. The van der Waals surface area contributed by atoms with Crippen molar-refractivity contribution in [3.63, 3.8) is 0 Å². The lowest BCUT2D eigenvalue weighted by atomic mass is 9.86. The third-order valence-corrected chi connectivity index (χ3v) is 4.77. The van der Waals surface area contributed by atoms with Crippen molar-refractivity contribution in [2.45, 2.75) is 19.4 Å². The molecule has 0 atom stereocenters. The Kier molecular flexibility index (Phi) is 3.91. The molecule has 0 amide bonds. The van der Waals surface area contributed by atoms with Gasteiger partial charge in [-0.1, -0.05) is 12.1 Å². The molecular weight excluding hydrogens is 344 g/mol. The molecule has 3 heterocycles. The number of carbonyl (C=O) groups excluding carboxylic acids is 1. The molecule has 6 nitrogen and oxygen atoms in total. The number of methoxy groups -OCH3 is 2. The lowest BCUT2D eigenvalue weighted by Crippen LogP contribution is -2.29. The van der Waals surface area contributed by atoms with E-state index in [9.17, 15) is 4.79 Å². The molecule has 0 aliphatic carbocycles. The van der Waals surface area contributed by atoms with E-state index in [1.54, 1.807) is 19.5 Å². The van der Waals surface area contributed by atoms with Crippen LogP contribution in [0.25, 0.3) is 22.4 Å². The molecule has 0 unspecified atom stereocenters. The highest BCUT2D eigenvalue weighted by Gasteiger charge is 2.39. The lowest BCUT2D eigenvalue weighted by Gasteiger charge is -2.33. The van der Waals surface area contributed by atoms with Crippen molar-refractivity contribution < 1.29 is 19.0 Å². The molecule has 0 spiro atoms. The van der Waals surface area contributed by atoms with Gasteiger partial charge in [-0.2, -0.15) is 0 Å². The molecule has 2 aromatic heterocycles. The first-order chi connectivity index (χ1) is 13.0. The summed E-state index contributed by atoms with van der Waals surface area (Å²) >= 11 is 0. The number of aromatic amines is 1. The van der Waals surface area contributed by atoms with Crippen LogP contribution in [0.15, 0.2) is 42.7 Å². The van der Waals surface area contributed by atoms with Gasteiger partial charge in [-0.15, -0.1) is 0 Å². The number of pyridine rings is 1. The number of aromatic nitrogens is 2. The zero-order valence-electron chi connectivity index (χ0n) is 15.6. The van der Waals surface area contributed by atoms with Crippen molar-refractivity contribution in [3.8, 4) is 33.9 Å². The number of hydrogen-bond donors (Lipinski definition) is 1. The van der Waals surface area contributed by atoms with Gasteiger partial charge in [-0.05, 0) is 37.6 Å². The molecule has 1 aliphatic heterocycles. The minimum atomic E-state index is -0.674. The number of nitrogens with one attached hydrogen (secondary N) is 1. The number of rotatable bonds is 3. The summed E-state index contributed by atoms with van der Waals surface area (Å²) < 4.78 is 16.6. The van der Waals surface area contributed by atoms with E-state index in [-0.39, 0.29) is 0 Å². The summed E-state index contributed by atoms with van der Waals surface area (Å²) in [6.07, 6.45) is 3.39. The summed E-state index contributed by atoms with van der Waals surface area (Å²) in [4.78, 5) is 20.0. The predicted molar refractivity (Wildman–Crippen MR) is 101 cm³/mol. The lowest BCUT2D eigenvalue weighted by molar-refractivity contribution is 0.0595. The van der Waals surface area contributed by atoms with Crippen LogP contribution in [0.1, 0.15) is 29.9 Å². The topological polar surface area (TPSA) is 73.4 Å². The zero-order valence-corrected chi connectivity index (χ0v) is 15.6. The fraction of sp³-hybridized carbons (Fsp3) is 0.238. The molecule has 0 bridgehead atoms. The van der Waals surface area contributed by atoms with Crippen LogP contribution in [-0.4, -0.2) is 30.2 Å². The average Bonchev–Trinajstić information content (AvgIpc) is 3.09. The van der Waals surface area contributed by atoms with Crippen LogP contribution in [0.2, 0.25) is 0 Å². The van der Waals surface area contributed by atoms with E-state index in [0.29, 0.717) is 17.2 Å². The first kappa shape index (κ1) is 17.1. The number of esters is 1. The molecule has 1 N–H and O–H groups in total. The first-order valence-corrected chi connectivity index (χ1v) is 8.59. The maximum Gasteiger partial charge on any atom is 0.355 e. The van der Waals surface area contributed by atoms with Crippen LogP contribution in [0.4, 0.5) is 0 Å². The van der Waals surface area contributed by atoms with Crippen LogP contribution in [0.5, 0.6) is 11.5 Å². The number of benzene rings is 1. The van der Waals surface area contributed by atoms with Crippen LogP contribution in [-0.2, 0) is 10.3 Å². The number of nitrogens with zero attached hydrogens (tertiary/aromatic N) is 1. The zero-order chi connectivity index (χ0) is 19.2. The van der Waals surface area contributed by atoms with E-state index >= 15 is 0 Å². The van der Waals surface area contributed by atoms with Gasteiger partial charge >= 0.3 is 5.97 Å². The number of fused-ring (bicyclic) bond motifs is 3. The molecule has 138 valence electrons. The van der Waals surface area contributed by atoms with Crippen LogP contribution in [0.3, 0.4) is 0 Å². The summed E-state index contributed by atoms with van der Waals surface area (Å²) in [7, 11) is 2.99. The monoisotopic (exact) mass is 364 g/mol. The minimum Gasteiger partial charge on any atom is -0.497 e. The summed E-state index contributed by atoms with van der Waals surface area (Å²) in [5, 5.41) is 0. The summed E-state index contributed by atoms with van der Waals surface area (Å²) in [6, 6.07) is 9.47. The van der Waals surface area contributed by atoms with Crippen molar-refractivity contribution in [2.24, 2.45) is 0 Å². The number of carbonyl (C=O) groups is 1. The minimum absolute atomic E-state index is 0.386. The highest BCUT2D eigenvalue weighted by atomic mass is 16.5. The van der Waals surface area contributed by atoms with Crippen LogP contribution in [0, 0.1) is 0 Å². The fourth-order valence-electron chi connectivity index (χ4n) is 3.62. The Morgan fingerprint density at radius 2 is 2.04 bits per heavy atom. The molecule has 27 heavy (non-hydrogen) atoms. The second kappa shape index (κ2) is 6.16. The van der Waals surface area contributed by atoms with Gasteiger partial charge in [0.25, 0.3) is 0 Å². The van der Waals surface area contributed by atoms with Gasteiger partial charge in [-0.25, -0.2) is 4.79 Å². The largest absolute Gasteiger partial charge is 0.497 e. The normalized spacial score (nSPS) is 13.9. The van der Waals surface area contributed by atoms with E-state index in [1.165, 1.54) is 7.11 Å². The van der Waals surface area contributed by atoms with Crippen molar-refractivity contribution in [1.29, 1.82) is 0 Å². The number of H-pyrrole nitrogens is 1. The van der Waals surface area contributed by atoms with E-state index in [1.807, 2.05) is 44.2 Å². The molecular formula is C21H20N2O4. The van der Waals surface area contributed by atoms with E-state index < -0.39 is 11.6 Å². The SMILES string of the molecule is COC(=O)c1[nH]c2c(c1-c1cccc(OC)c1)C(C)(C)Oc1cnccc1-2. The van der Waals surface area contributed by atoms with Crippen molar-refractivity contribution in [3.05, 3.63) is 54.0 Å². The van der Waals surface area contributed by atoms with Gasteiger partial charge in [0.15, 0.2) is 0 Å². The number of hydrogen-bond acceptors (Lipinski definition) is 5. The predicted octanol–water partition coefficient (Wildman–Crippen LogP) is 4.17. The van der Waals surface area contributed by atoms with E-state index in [2.05, 4.69) is 9.97 Å². The van der Waals surface area contributed by atoms with Gasteiger partial charge in [0.1, 0.15) is 22.8 Å². The Bertz CT molecular complexity index is 1040. The van der Waals surface area contributed by atoms with Crippen molar-refractivity contribution in [2.75, 3.05) is 14.2 Å². The Hall–Kier alpha value is -3.28. The quantitative estimate of drug-likeness (QED) is 0.706. The Morgan fingerprint density at radius 1 is 1.22 bits per heavy atom. The van der Waals surface area contributed by atoms with Gasteiger partial charge in [0.05, 0.1) is 26.1 Å². The molecule has 0 fully saturated rings. The van der Waals surface area contributed by atoms with Crippen molar-refractivity contribution in [1.82, 2.24) is 9.97 Å². The molecule has 0 radical (unpaired) electrons. The molecule has 1 aromatic carbocycles.